The number of benzene rings is 2. The summed E-state index contributed by atoms with van der Waals surface area (Å²) in [5, 5.41) is 0.551. The smallest absolute Gasteiger partial charge is 0.262 e. The average molecular weight is 374 g/mol. The summed E-state index contributed by atoms with van der Waals surface area (Å²) in [5.41, 5.74) is 2.66. The molecule has 0 aliphatic rings. The lowest BCUT2D eigenvalue weighted by atomic mass is 10.1. The van der Waals surface area contributed by atoms with Gasteiger partial charge in [0.15, 0.2) is 5.78 Å². The Kier molecular flexibility index (Phi) is 4.69. The summed E-state index contributed by atoms with van der Waals surface area (Å²) in [6.45, 7) is 2.06. The number of aromatic nitrogens is 2. The van der Waals surface area contributed by atoms with Crippen LogP contribution in [-0.2, 0) is 13.0 Å². The Morgan fingerprint density at radius 1 is 1.07 bits per heavy atom. The van der Waals surface area contributed by atoms with Crippen molar-refractivity contribution < 1.29 is 4.79 Å². The van der Waals surface area contributed by atoms with Gasteiger partial charge in [-0.3, -0.25) is 14.2 Å². The molecule has 4 rings (SSSR count). The maximum Gasteiger partial charge on any atom is 0.262 e. The molecule has 2 aromatic carbocycles. The van der Waals surface area contributed by atoms with Gasteiger partial charge in [0.2, 0.25) is 0 Å². The third kappa shape index (κ3) is 3.46. The highest BCUT2D eigenvalue weighted by atomic mass is 32.1. The minimum atomic E-state index is -0.183. The molecule has 4 aromatic rings. The van der Waals surface area contributed by atoms with Crippen molar-refractivity contribution in [2.75, 3.05) is 0 Å². The molecule has 0 spiro atoms. The lowest BCUT2D eigenvalue weighted by molar-refractivity contribution is 0.0970. The highest BCUT2D eigenvalue weighted by Gasteiger charge is 2.13. The minimum Gasteiger partial charge on any atom is -0.292 e. The molecule has 0 aliphatic carbocycles. The summed E-state index contributed by atoms with van der Waals surface area (Å²) in [6, 6.07) is 19.3. The summed E-state index contributed by atoms with van der Waals surface area (Å²) in [5.74, 6) is -0.0978. The van der Waals surface area contributed by atoms with Gasteiger partial charge in [-0.2, -0.15) is 0 Å². The van der Waals surface area contributed by atoms with Gasteiger partial charge in [0.05, 0.1) is 18.3 Å². The third-order valence-electron chi connectivity index (χ3n) is 4.57. The number of carbonyl (C=O) groups excluding carboxylic acids is 1. The van der Waals surface area contributed by atoms with E-state index in [4.69, 9.17) is 0 Å². The molecule has 0 fully saturated rings. The van der Waals surface area contributed by atoms with Gasteiger partial charge in [-0.1, -0.05) is 61.5 Å². The highest BCUT2D eigenvalue weighted by molar-refractivity contribution is 7.21. The van der Waals surface area contributed by atoms with Gasteiger partial charge in [0.1, 0.15) is 4.83 Å². The van der Waals surface area contributed by atoms with Crippen molar-refractivity contribution in [2.24, 2.45) is 0 Å². The molecule has 0 radical (unpaired) electrons. The van der Waals surface area contributed by atoms with E-state index >= 15 is 0 Å². The quantitative estimate of drug-likeness (QED) is 0.481. The molecule has 27 heavy (non-hydrogen) atoms. The van der Waals surface area contributed by atoms with Gasteiger partial charge in [-0.15, -0.1) is 11.3 Å². The zero-order valence-electron chi connectivity index (χ0n) is 14.9. The van der Waals surface area contributed by atoms with Crippen LogP contribution in [0, 0.1) is 0 Å². The molecule has 0 atom stereocenters. The molecule has 0 unspecified atom stereocenters. The summed E-state index contributed by atoms with van der Waals surface area (Å²) in [7, 11) is 0. The van der Waals surface area contributed by atoms with Crippen molar-refractivity contribution in [2.45, 2.75) is 19.9 Å². The van der Waals surface area contributed by atoms with E-state index in [1.807, 2.05) is 60.7 Å². The van der Waals surface area contributed by atoms with E-state index in [1.165, 1.54) is 27.8 Å². The molecule has 5 heteroatoms. The molecule has 0 saturated heterocycles. The molecule has 2 heterocycles. The van der Waals surface area contributed by atoms with Gasteiger partial charge in [-0.25, -0.2) is 4.98 Å². The van der Waals surface area contributed by atoms with Crippen LogP contribution in [-0.4, -0.2) is 15.3 Å². The van der Waals surface area contributed by atoms with E-state index in [0.717, 1.165) is 16.9 Å². The number of fused-ring (bicyclic) bond motifs is 1. The lowest BCUT2D eigenvalue weighted by Gasteiger charge is -2.05. The largest absolute Gasteiger partial charge is 0.292 e. The molecule has 0 saturated carbocycles. The third-order valence-corrected chi connectivity index (χ3v) is 5.67. The van der Waals surface area contributed by atoms with Crippen molar-refractivity contribution >= 4 is 27.3 Å². The molecular formula is C22H18N2O2S. The van der Waals surface area contributed by atoms with Gasteiger partial charge >= 0.3 is 0 Å². The van der Waals surface area contributed by atoms with Crippen molar-refractivity contribution in [3.05, 3.63) is 88.5 Å². The van der Waals surface area contributed by atoms with Crippen molar-refractivity contribution in [3.63, 3.8) is 0 Å². The molecule has 4 nitrogen and oxygen atoms in total. The fourth-order valence-electron chi connectivity index (χ4n) is 2.99. The van der Waals surface area contributed by atoms with Crippen molar-refractivity contribution in [1.29, 1.82) is 0 Å². The Morgan fingerprint density at radius 2 is 1.81 bits per heavy atom. The summed E-state index contributed by atoms with van der Waals surface area (Å²) >= 11 is 1.48. The second-order valence-electron chi connectivity index (χ2n) is 6.35. The summed E-state index contributed by atoms with van der Waals surface area (Å²) < 4.78 is 1.39. The number of carbonyl (C=O) groups is 1. The Morgan fingerprint density at radius 3 is 2.52 bits per heavy atom. The maximum atomic E-state index is 12.8. The zero-order valence-corrected chi connectivity index (χ0v) is 15.7. The van der Waals surface area contributed by atoms with Crippen LogP contribution in [0.4, 0.5) is 0 Å². The van der Waals surface area contributed by atoms with Gasteiger partial charge < -0.3 is 0 Å². The number of thiophene rings is 1. The Labute approximate surface area is 160 Å². The van der Waals surface area contributed by atoms with E-state index < -0.39 is 0 Å². The second-order valence-corrected chi connectivity index (χ2v) is 7.38. The van der Waals surface area contributed by atoms with E-state index in [2.05, 4.69) is 11.9 Å². The van der Waals surface area contributed by atoms with Crippen LogP contribution in [0.15, 0.2) is 71.8 Å². The highest BCUT2D eigenvalue weighted by Crippen LogP contribution is 2.30. The van der Waals surface area contributed by atoms with E-state index in [9.17, 15) is 9.59 Å². The van der Waals surface area contributed by atoms with Crippen LogP contribution in [0.2, 0.25) is 0 Å². The minimum absolute atomic E-state index is 0.0102. The topological polar surface area (TPSA) is 52.0 Å². The normalized spacial score (nSPS) is 11.0. The predicted octanol–water partition coefficient (Wildman–Crippen LogP) is 4.57. The number of hydrogen-bond acceptors (Lipinski definition) is 4. The zero-order chi connectivity index (χ0) is 18.8. The van der Waals surface area contributed by atoms with E-state index in [0.29, 0.717) is 15.8 Å². The van der Waals surface area contributed by atoms with E-state index in [-0.39, 0.29) is 17.9 Å². The van der Waals surface area contributed by atoms with Crippen molar-refractivity contribution in [1.82, 2.24) is 9.55 Å². The number of rotatable bonds is 5. The Balaban J connectivity index is 1.65. The first-order valence-electron chi connectivity index (χ1n) is 8.82. The molecular weight excluding hydrogens is 356 g/mol. The summed E-state index contributed by atoms with van der Waals surface area (Å²) in [4.78, 5) is 31.4. The monoisotopic (exact) mass is 374 g/mol. The van der Waals surface area contributed by atoms with Crippen LogP contribution in [0.1, 0.15) is 22.8 Å². The lowest BCUT2D eigenvalue weighted by Crippen LogP contribution is -2.24. The van der Waals surface area contributed by atoms with Gasteiger partial charge in [0.25, 0.3) is 5.56 Å². The Bertz CT molecular complexity index is 1160. The summed E-state index contributed by atoms with van der Waals surface area (Å²) in [6.07, 6.45) is 2.39. The van der Waals surface area contributed by atoms with Crippen LogP contribution in [0.5, 0.6) is 0 Å². The van der Waals surface area contributed by atoms with E-state index in [1.54, 1.807) is 0 Å². The number of aryl methyl sites for hydroxylation is 1. The maximum absolute atomic E-state index is 12.8. The molecule has 0 aliphatic heterocycles. The van der Waals surface area contributed by atoms with Gasteiger partial charge in [0, 0.05) is 10.4 Å². The van der Waals surface area contributed by atoms with Crippen molar-refractivity contribution in [3.8, 4) is 10.4 Å². The molecule has 134 valence electrons. The molecule has 2 aromatic heterocycles. The van der Waals surface area contributed by atoms with Crippen LogP contribution >= 0.6 is 11.3 Å². The fraction of sp³-hybridized carbons (Fsp3) is 0.136. The average Bonchev–Trinajstić information content (AvgIpc) is 3.16. The van der Waals surface area contributed by atoms with Crippen LogP contribution < -0.4 is 5.56 Å². The molecule has 0 amide bonds. The standard InChI is InChI=1S/C22H18N2O2S/c1-2-15-8-10-16(11-9-15)19(25)13-24-14-23-21-18(22(24)26)12-20(27-21)17-6-4-3-5-7-17/h3-12,14H,2,13H2,1H3. The molecule has 0 bridgehead atoms. The number of hydrogen-bond donors (Lipinski definition) is 0. The number of nitrogens with zero attached hydrogens (tertiary/aromatic N) is 2. The van der Waals surface area contributed by atoms with Gasteiger partial charge in [-0.05, 0) is 23.6 Å². The number of Topliss-reactive ketones (excluding diaryl/α,β-unsaturated/α-hetero) is 1. The predicted molar refractivity (Wildman–Crippen MR) is 109 cm³/mol. The SMILES string of the molecule is CCc1ccc(C(=O)Cn2cnc3sc(-c4ccccc4)cc3c2=O)cc1. The number of ketones is 1. The first-order chi connectivity index (χ1) is 13.2. The second kappa shape index (κ2) is 7.29. The van der Waals surface area contributed by atoms with Crippen LogP contribution in [0.3, 0.4) is 0 Å². The molecule has 0 N–H and O–H groups in total. The Hall–Kier alpha value is -3.05. The first kappa shape index (κ1) is 17.4. The first-order valence-corrected chi connectivity index (χ1v) is 9.64. The van der Waals surface area contributed by atoms with Crippen LogP contribution in [0.25, 0.3) is 20.7 Å². The fourth-order valence-corrected chi connectivity index (χ4v) is 3.98.